The second-order valence-corrected chi connectivity index (χ2v) is 7.94. The zero-order chi connectivity index (χ0) is 13.8. The summed E-state index contributed by atoms with van der Waals surface area (Å²) in [5.41, 5.74) is 1.60. The van der Waals surface area contributed by atoms with Gasteiger partial charge in [-0.2, -0.15) is 0 Å². The van der Waals surface area contributed by atoms with Crippen molar-refractivity contribution in [2.45, 2.75) is 52.9 Å². The van der Waals surface area contributed by atoms with Crippen LogP contribution in [0.1, 0.15) is 56.4 Å². The van der Waals surface area contributed by atoms with Gasteiger partial charge in [-0.1, -0.05) is 27.2 Å². The van der Waals surface area contributed by atoms with Crippen LogP contribution in [0.3, 0.4) is 0 Å². The summed E-state index contributed by atoms with van der Waals surface area (Å²) in [5, 5.41) is 6.08. The SMILES string of the molecule is Cc1cc(C2CC(C)CCC2CNCC(C)C)cs1. The summed E-state index contributed by atoms with van der Waals surface area (Å²) >= 11 is 1.91. The van der Waals surface area contributed by atoms with Gasteiger partial charge in [0, 0.05) is 4.88 Å². The van der Waals surface area contributed by atoms with Crippen LogP contribution in [0.4, 0.5) is 0 Å². The number of aryl methyl sites for hydroxylation is 1. The van der Waals surface area contributed by atoms with Gasteiger partial charge in [0.2, 0.25) is 0 Å². The van der Waals surface area contributed by atoms with Gasteiger partial charge >= 0.3 is 0 Å². The largest absolute Gasteiger partial charge is 0.316 e. The molecule has 1 heterocycles. The van der Waals surface area contributed by atoms with Gasteiger partial charge in [-0.05, 0) is 73.5 Å². The standard InChI is InChI=1S/C17H29NS/c1-12(2)9-18-10-15-6-5-13(3)7-17(15)16-8-14(4)19-11-16/h8,11-13,15,17-18H,5-7,9-10H2,1-4H3. The van der Waals surface area contributed by atoms with Crippen molar-refractivity contribution in [1.82, 2.24) is 5.32 Å². The molecule has 1 saturated carbocycles. The molecule has 0 amide bonds. The summed E-state index contributed by atoms with van der Waals surface area (Å²) < 4.78 is 0. The molecule has 1 N–H and O–H groups in total. The summed E-state index contributed by atoms with van der Waals surface area (Å²) in [7, 11) is 0. The maximum atomic E-state index is 3.68. The minimum Gasteiger partial charge on any atom is -0.316 e. The summed E-state index contributed by atoms with van der Waals surface area (Å²) in [6.07, 6.45) is 4.18. The lowest BCUT2D eigenvalue weighted by atomic mass is 9.72. The summed E-state index contributed by atoms with van der Waals surface area (Å²) in [4.78, 5) is 1.46. The van der Waals surface area contributed by atoms with Crippen molar-refractivity contribution in [1.29, 1.82) is 0 Å². The van der Waals surface area contributed by atoms with Gasteiger partial charge in [-0.15, -0.1) is 11.3 Å². The van der Waals surface area contributed by atoms with Crippen LogP contribution >= 0.6 is 11.3 Å². The third-order valence-corrected chi connectivity index (χ3v) is 5.27. The van der Waals surface area contributed by atoms with Crippen molar-refractivity contribution in [3.05, 3.63) is 21.9 Å². The van der Waals surface area contributed by atoms with Crippen molar-refractivity contribution in [3.63, 3.8) is 0 Å². The van der Waals surface area contributed by atoms with Crippen LogP contribution < -0.4 is 5.32 Å². The maximum Gasteiger partial charge on any atom is 0.00171 e. The van der Waals surface area contributed by atoms with E-state index in [2.05, 4.69) is 44.5 Å². The van der Waals surface area contributed by atoms with Crippen LogP contribution in [0, 0.1) is 24.7 Å². The first kappa shape index (κ1) is 15.1. The molecular weight excluding hydrogens is 250 g/mol. The lowest BCUT2D eigenvalue weighted by Crippen LogP contribution is -2.33. The third-order valence-electron chi connectivity index (χ3n) is 4.39. The molecule has 0 radical (unpaired) electrons. The van der Waals surface area contributed by atoms with E-state index in [4.69, 9.17) is 0 Å². The minimum atomic E-state index is 0.754. The Hall–Kier alpha value is -0.340. The fourth-order valence-corrected chi connectivity index (χ4v) is 4.08. The third kappa shape index (κ3) is 4.32. The fourth-order valence-electron chi connectivity index (χ4n) is 3.31. The Morgan fingerprint density at radius 2 is 2.16 bits per heavy atom. The number of hydrogen-bond acceptors (Lipinski definition) is 2. The van der Waals surface area contributed by atoms with Gasteiger partial charge in [-0.25, -0.2) is 0 Å². The first-order valence-corrected chi connectivity index (χ1v) is 8.70. The second kappa shape index (κ2) is 6.90. The van der Waals surface area contributed by atoms with Gasteiger partial charge in [0.15, 0.2) is 0 Å². The summed E-state index contributed by atoms with van der Waals surface area (Å²) in [6, 6.07) is 2.42. The fraction of sp³-hybridized carbons (Fsp3) is 0.765. The van der Waals surface area contributed by atoms with Crippen LogP contribution in [0.15, 0.2) is 11.4 Å². The number of rotatable bonds is 5. The Kier molecular flexibility index (Phi) is 5.47. The zero-order valence-electron chi connectivity index (χ0n) is 12.9. The molecule has 1 aromatic rings. The Morgan fingerprint density at radius 1 is 1.37 bits per heavy atom. The Labute approximate surface area is 122 Å². The van der Waals surface area contributed by atoms with Gasteiger partial charge < -0.3 is 5.32 Å². The molecule has 19 heavy (non-hydrogen) atoms. The van der Waals surface area contributed by atoms with Crippen LogP contribution in [0.2, 0.25) is 0 Å². The molecule has 108 valence electrons. The minimum absolute atomic E-state index is 0.754. The molecule has 2 rings (SSSR count). The van der Waals surface area contributed by atoms with Crippen LogP contribution in [0.5, 0.6) is 0 Å². The first-order chi connectivity index (χ1) is 9.06. The zero-order valence-corrected chi connectivity index (χ0v) is 13.7. The molecule has 0 aromatic carbocycles. The van der Waals surface area contributed by atoms with Gasteiger partial charge in [0.05, 0.1) is 0 Å². The lowest BCUT2D eigenvalue weighted by molar-refractivity contribution is 0.240. The molecule has 1 nitrogen and oxygen atoms in total. The number of thiophene rings is 1. The van der Waals surface area contributed by atoms with E-state index >= 15 is 0 Å². The highest BCUT2D eigenvalue weighted by atomic mass is 32.1. The van der Waals surface area contributed by atoms with E-state index in [0.717, 1.165) is 30.2 Å². The predicted octanol–water partition coefficient (Wildman–Crippen LogP) is 4.82. The monoisotopic (exact) mass is 279 g/mol. The average molecular weight is 279 g/mol. The normalized spacial score (nSPS) is 27.9. The molecule has 1 aliphatic rings. The summed E-state index contributed by atoms with van der Waals surface area (Å²) in [6.45, 7) is 11.6. The molecule has 0 aliphatic heterocycles. The second-order valence-electron chi connectivity index (χ2n) is 6.83. The Balaban J connectivity index is 1.98. The van der Waals surface area contributed by atoms with Gasteiger partial charge in [-0.3, -0.25) is 0 Å². The molecule has 3 atom stereocenters. The topological polar surface area (TPSA) is 12.0 Å². The highest BCUT2D eigenvalue weighted by molar-refractivity contribution is 7.10. The average Bonchev–Trinajstić information content (AvgIpc) is 2.77. The van der Waals surface area contributed by atoms with E-state index in [1.54, 1.807) is 5.56 Å². The van der Waals surface area contributed by atoms with Crippen LogP contribution in [0.25, 0.3) is 0 Å². The van der Waals surface area contributed by atoms with Crippen molar-refractivity contribution >= 4 is 11.3 Å². The van der Waals surface area contributed by atoms with E-state index < -0.39 is 0 Å². The molecule has 2 heteroatoms. The van der Waals surface area contributed by atoms with Crippen molar-refractivity contribution in [2.75, 3.05) is 13.1 Å². The van der Waals surface area contributed by atoms with E-state index in [1.165, 1.54) is 30.7 Å². The molecule has 1 aliphatic carbocycles. The van der Waals surface area contributed by atoms with Crippen LogP contribution in [-0.2, 0) is 0 Å². The van der Waals surface area contributed by atoms with Crippen LogP contribution in [-0.4, -0.2) is 13.1 Å². The highest BCUT2D eigenvalue weighted by Gasteiger charge is 2.29. The van der Waals surface area contributed by atoms with E-state index in [-0.39, 0.29) is 0 Å². The molecule has 0 saturated heterocycles. The summed E-state index contributed by atoms with van der Waals surface area (Å²) in [5.74, 6) is 3.27. The van der Waals surface area contributed by atoms with E-state index in [9.17, 15) is 0 Å². The van der Waals surface area contributed by atoms with Crippen molar-refractivity contribution in [2.24, 2.45) is 17.8 Å². The molecule has 1 fully saturated rings. The number of hydrogen-bond donors (Lipinski definition) is 1. The Morgan fingerprint density at radius 3 is 2.79 bits per heavy atom. The quantitative estimate of drug-likeness (QED) is 0.814. The highest BCUT2D eigenvalue weighted by Crippen LogP contribution is 2.41. The Bertz CT molecular complexity index is 382. The predicted molar refractivity (Wildman–Crippen MR) is 86.0 cm³/mol. The van der Waals surface area contributed by atoms with Crippen molar-refractivity contribution in [3.8, 4) is 0 Å². The molecule has 0 spiro atoms. The first-order valence-electron chi connectivity index (χ1n) is 7.82. The van der Waals surface area contributed by atoms with Gasteiger partial charge in [0.1, 0.15) is 0 Å². The molecular formula is C17H29NS. The smallest absolute Gasteiger partial charge is 0.00171 e. The maximum absolute atomic E-state index is 3.68. The molecule has 1 aromatic heterocycles. The lowest BCUT2D eigenvalue weighted by Gasteiger charge is -2.35. The van der Waals surface area contributed by atoms with Gasteiger partial charge in [0.25, 0.3) is 0 Å². The van der Waals surface area contributed by atoms with E-state index in [0.29, 0.717) is 0 Å². The van der Waals surface area contributed by atoms with E-state index in [1.807, 2.05) is 11.3 Å². The molecule has 3 unspecified atom stereocenters. The number of nitrogens with one attached hydrogen (secondary N) is 1. The van der Waals surface area contributed by atoms with Crippen molar-refractivity contribution < 1.29 is 0 Å². The molecule has 0 bridgehead atoms.